The van der Waals surface area contributed by atoms with Gasteiger partial charge in [-0.2, -0.15) is 0 Å². The molecule has 0 fully saturated rings. The zero-order valence-corrected chi connectivity index (χ0v) is 13.1. The summed E-state index contributed by atoms with van der Waals surface area (Å²) in [5.74, 6) is -0.300. The van der Waals surface area contributed by atoms with E-state index in [1.165, 1.54) is 11.8 Å². The number of thioether (sulfide) groups is 1. The van der Waals surface area contributed by atoms with Gasteiger partial charge in [-0.3, -0.25) is 4.79 Å². The first-order valence-corrected chi connectivity index (χ1v) is 7.41. The van der Waals surface area contributed by atoms with Crippen LogP contribution in [0.3, 0.4) is 0 Å². The number of carbonyl (C=O) groups excluding carboxylic acids is 1. The number of hydrogen-bond donors (Lipinski definition) is 1. The molecule has 0 aliphatic heterocycles. The first kappa shape index (κ1) is 16.0. The number of carbonyl (C=O) groups is 1. The van der Waals surface area contributed by atoms with Crippen molar-refractivity contribution in [3.8, 4) is 0 Å². The van der Waals surface area contributed by atoms with Crippen LogP contribution in [0, 0.1) is 5.92 Å². The van der Waals surface area contributed by atoms with Gasteiger partial charge in [0.15, 0.2) is 0 Å². The predicted molar refractivity (Wildman–Crippen MR) is 79.4 cm³/mol. The van der Waals surface area contributed by atoms with Crippen LogP contribution in [0.15, 0.2) is 35.2 Å². The zero-order chi connectivity index (χ0) is 13.8. The molecule has 1 N–H and O–H groups in total. The molecule has 0 saturated heterocycles. The van der Waals surface area contributed by atoms with Crippen molar-refractivity contribution in [2.75, 3.05) is 0 Å². The maximum atomic E-state index is 11.7. The van der Waals surface area contributed by atoms with Crippen LogP contribution in [0.1, 0.15) is 13.8 Å². The summed E-state index contributed by atoms with van der Waals surface area (Å²) in [6.45, 7) is 3.58. The first-order valence-electron chi connectivity index (χ1n) is 5.39. The van der Waals surface area contributed by atoms with Crippen LogP contribution in [0.2, 0.25) is 0 Å². The lowest BCUT2D eigenvalue weighted by atomic mass is 10.2. The second-order valence-corrected chi connectivity index (χ2v) is 7.56. The van der Waals surface area contributed by atoms with Gasteiger partial charge in [0.05, 0.1) is 0 Å². The molecule has 1 aromatic carbocycles. The van der Waals surface area contributed by atoms with E-state index < -0.39 is 9.17 Å². The second kappa shape index (κ2) is 6.90. The highest BCUT2D eigenvalue weighted by atomic mass is 35.6. The van der Waals surface area contributed by atoms with Crippen molar-refractivity contribution < 1.29 is 4.79 Å². The largest absolute Gasteiger partial charge is 0.340 e. The Morgan fingerprint density at radius 1 is 1.22 bits per heavy atom. The average molecular weight is 327 g/mol. The molecule has 0 spiro atoms. The summed E-state index contributed by atoms with van der Waals surface area (Å²) in [4.78, 5) is 12.6. The van der Waals surface area contributed by atoms with Gasteiger partial charge in [0.1, 0.15) is 5.37 Å². The molecule has 18 heavy (non-hydrogen) atoms. The summed E-state index contributed by atoms with van der Waals surface area (Å²) in [5.41, 5.74) is 0. The highest BCUT2D eigenvalue weighted by Gasteiger charge is 2.35. The van der Waals surface area contributed by atoms with Gasteiger partial charge in [-0.25, -0.2) is 0 Å². The molecular formula is C12H14Cl3NOS. The standard InChI is InChI=1S/C12H14Cl3NOS/c1-8(2)10(17)16-11(12(13,14)15)18-9-6-4-3-5-7-9/h3-8,11H,1-2H3,(H,16,17)/t11-/m1/s1. The molecule has 2 nitrogen and oxygen atoms in total. The van der Waals surface area contributed by atoms with Crippen LogP contribution in [0.4, 0.5) is 0 Å². The lowest BCUT2D eigenvalue weighted by Gasteiger charge is -2.25. The average Bonchev–Trinajstić information content (AvgIpc) is 2.28. The van der Waals surface area contributed by atoms with Crippen molar-refractivity contribution in [2.45, 2.75) is 27.9 Å². The van der Waals surface area contributed by atoms with E-state index in [0.29, 0.717) is 0 Å². The summed E-state index contributed by atoms with van der Waals surface area (Å²) >= 11 is 19.0. The van der Waals surface area contributed by atoms with E-state index in [2.05, 4.69) is 5.32 Å². The highest BCUT2D eigenvalue weighted by Crippen LogP contribution is 2.39. The SMILES string of the molecule is CC(C)C(=O)N[C@H](Sc1ccccc1)C(Cl)(Cl)Cl. The highest BCUT2D eigenvalue weighted by molar-refractivity contribution is 8.00. The molecule has 1 atom stereocenters. The van der Waals surface area contributed by atoms with E-state index >= 15 is 0 Å². The lowest BCUT2D eigenvalue weighted by Crippen LogP contribution is -2.43. The fraction of sp³-hybridized carbons (Fsp3) is 0.417. The Labute approximate surface area is 126 Å². The van der Waals surface area contributed by atoms with Gasteiger partial charge in [0.2, 0.25) is 9.70 Å². The maximum Gasteiger partial charge on any atom is 0.223 e. The molecule has 0 saturated carbocycles. The third-order valence-electron chi connectivity index (χ3n) is 2.09. The molecule has 0 radical (unpaired) electrons. The third-order valence-corrected chi connectivity index (χ3v) is 4.39. The van der Waals surface area contributed by atoms with Crippen LogP contribution in [0.5, 0.6) is 0 Å². The number of nitrogens with one attached hydrogen (secondary N) is 1. The molecule has 100 valence electrons. The van der Waals surface area contributed by atoms with Crippen LogP contribution in [0.25, 0.3) is 0 Å². The molecule has 6 heteroatoms. The minimum Gasteiger partial charge on any atom is -0.340 e. The lowest BCUT2D eigenvalue weighted by molar-refractivity contribution is -0.124. The van der Waals surface area contributed by atoms with Gasteiger partial charge in [-0.05, 0) is 12.1 Å². The Morgan fingerprint density at radius 3 is 2.22 bits per heavy atom. The summed E-state index contributed by atoms with van der Waals surface area (Å²) < 4.78 is -1.56. The van der Waals surface area contributed by atoms with Crippen molar-refractivity contribution in [2.24, 2.45) is 5.92 Å². The molecule has 0 heterocycles. The third kappa shape index (κ3) is 5.27. The summed E-state index contributed by atoms with van der Waals surface area (Å²) in [6.07, 6.45) is 0. The number of benzene rings is 1. The van der Waals surface area contributed by atoms with Crippen LogP contribution in [-0.4, -0.2) is 15.1 Å². The molecule has 0 aliphatic rings. The van der Waals surface area contributed by atoms with Gasteiger partial charge >= 0.3 is 0 Å². The molecule has 1 rings (SSSR count). The van der Waals surface area contributed by atoms with Gasteiger partial charge in [0.25, 0.3) is 0 Å². The van der Waals surface area contributed by atoms with Crippen molar-refractivity contribution in [1.29, 1.82) is 0 Å². The smallest absolute Gasteiger partial charge is 0.223 e. The molecule has 0 aromatic heterocycles. The van der Waals surface area contributed by atoms with Gasteiger partial charge in [-0.1, -0.05) is 78.6 Å². The van der Waals surface area contributed by atoms with Crippen molar-refractivity contribution in [1.82, 2.24) is 5.32 Å². The van der Waals surface area contributed by atoms with E-state index in [9.17, 15) is 4.79 Å². The molecule has 1 aromatic rings. The van der Waals surface area contributed by atoms with Crippen molar-refractivity contribution >= 4 is 52.5 Å². The van der Waals surface area contributed by atoms with Gasteiger partial charge in [-0.15, -0.1) is 0 Å². The Kier molecular flexibility index (Phi) is 6.12. The molecule has 0 unspecified atom stereocenters. The number of amides is 1. The number of alkyl halides is 3. The minimum absolute atomic E-state index is 0.144. The fourth-order valence-electron chi connectivity index (χ4n) is 1.11. The Bertz CT molecular complexity index is 392. The summed E-state index contributed by atoms with van der Waals surface area (Å²) in [7, 11) is 0. The number of hydrogen-bond acceptors (Lipinski definition) is 2. The summed E-state index contributed by atoms with van der Waals surface area (Å²) in [6, 6.07) is 9.48. The zero-order valence-electron chi connectivity index (χ0n) is 9.99. The Morgan fingerprint density at radius 2 is 1.78 bits per heavy atom. The van der Waals surface area contributed by atoms with E-state index in [0.717, 1.165) is 4.90 Å². The quantitative estimate of drug-likeness (QED) is 0.509. The Hall–Kier alpha value is -0.0900. The number of rotatable bonds is 4. The second-order valence-electron chi connectivity index (χ2n) is 4.02. The maximum absolute atomic E-state index is 11.7. The Balaban J connectivity index is 2.77. The molecule has 0 bridgehead atoms. The topological polar surface area (TPSA) is 29.1 Å². The fourth-order valence-corrected chi connectivity index (χ4v) is 2.57. The van der Waals surface area contributed by atoms with Crippen molar-refractivity contribution in [3.63, 3.8) is 0 Å². The number of halogens is 3. The minimum atomic E-state index is -1.56. The van der Waals surface area contributed by atoms with Crippen molar-refractivity contribution in [3.05, 3.63) is 30.3 Å². The van der Waals surface area contributed by atoms with E-state index in [4.69, 9.17) is 34.8 Å². The molecular weight excluding hydrogens is 313 g/mol. The van der Waals surface area contributed by atoms with Gasteiger partial charge < -0.3 is 5.32 Å². The van der Waals surface area contributed by atoms with Crippen LogP contribution in [-0.2, 0) is 4.79 Å². The van der Waals surface area contributed by atoms with Crippen LogP contribution < -0.4 is 5.32 Å². The molecule has 0 aliphatic carbocycles. The monoisotopic (exact) mass is 325 g/mol. The first-order chi connectivity index (χ1) is 8.30. The normalized spacial score (nSPS) is 13.4. The summed E-state index contributed by atoms with van der Waals surface area (Å²) in [5, 5.41) is 2.11. The molecule has 1 amide bonds. The van der Waals surface area contributed by atoms with Crippen LogP contribution >= 0.6 is 46.6 Å². The van der Waals surface area contributed by atoms with E-state index in [1.54, 1.807) is 13.8 Å². The van der Waals surface area contributed by atoms with E-state index in [-0.39, 0.29) is 11.8 Å². The van der Waals surface area contributed by atoms with Gasteiger partial charge in [0, 0.05) is 10.8 Å². The predicted octanol–water partition coefficient (Wildman–Crippen LogP) is 4.25. The van der Waals surface area contributed by atoms with E-state index in [1.807, 2.05) is 30.3 Å².